The van der Waals surface area contributed by atoms with Crippen LogP contribution in [0.1, 0.15) is 0 Å². The second kappa shape index (κ2) is 4.25. The molecular formula is C10H13N3O3S. The minimum Gasteiger partial charge on any atom is -0.336 e. The van der Waals surface area contributed by atoms with Gasteiger partial charge >= 0.3 is 6.03 Å². The molecule has 1 aliphatic heterocycles. The van der Waals surface area contributed by atoms with E-state index in [4.69, 9.17) is 0 Å². The van der Waals surface area contributed by atoms with E-state index in [0.29, 0.717) is 24.5 Å². The van der Waals surface area contributed by atoms with Crippen molar-refractivity contribution in [1.82, 2.24) is 5.32 Å². The predicted molar refractivity (Wildman–Crippen MR) is 65.7 cm³/mol. The average molecular weight is 255 g/mol. The van der Waals surface area contributed by atoms with Gasteiger partial charge in [-0.05, 0) is 18.2 Å². The van der Waals surface area contributed by atoms with Crippen molar-refractivity contribution in [1.29, 1.82) is 0 Å². The van der Waals surface area contributed by atoms with E-state index in [-0.39, 0.29) is 6.03 Å². The van der Waals surface area contributed by atoms with Crippen LogP contribution < -0.4 is 14.9 Å². The third kappa shape index (κ3) is 2.88. The molecule has 0 spiro atoms. The van der Waals surface area contributed by atoms with Crippen LogP contribution in [0, 0.1) is 0 Å². The number of carbonyl (C=O) groups excluding carboxylic acids is 1. The van der Waals surface area contributed by atoms with Gasteiger partial charge in [0.05, 0.1) is 11.9 Å². The molecule has 0 aliphatic carbocycles. The maximum Gasteiger partial charge on any atom is 0.321 e. The largest absolute Gasteiger partial charge is 0.336 e. The van der Waals surface area contributed by atoms with Crippen molar-refractivity contribution in [3.05, 3.63) is 24.3 Å². The summed E-state index contributed by atoms with van der Waals surface area (Å²) in [7, 11) is -3.30. The van der Waals surface area contributed by atoms with Crippen LogP contribution in [0.25, 0.3) is 0 Å². The van der Waals surface area contributed by atoms with Gasteiger partial charge in [-0.1, -0.05) is 6.07 Å². The van der Waals surface area contributed by atoms with E-state index in [1.807, 2.05) is 0 Å². The van der Waals surface area contributed by atoms with Gasteiger partial charge in [0.2, 0.25) is 10.0 Å². The van der Waals surface area contributed by atoms with E-state index in [2.05, 4.69) is 10.0 Å². The number of urea groups is 1. The molecule has 0 atom stereocenters. The number of benzene rings is 1. The Morgan fingerprint density at radius 3 is 2.76 bits per heavy atom. The second-order valence-electron chi connectivity index (χ2n) is 3.81. The Bertz CT molecular complexity index is 541. The van der Waals surface area contributed by atoms with Gasteiger partial charge in [0.25, 0.3) is 0 Å². The molecule has 0 bridgehead atoms. The third-order valence-electron chi connectivity index (χ3n) is 2.32. The standard InChI is InChI=1S/C10H13N3O3S/c1-17(15,16)12-8-3-2-4-9(7-8)13-6-5-11-10(13)14/h2-4,7,12H,5-6H2,1H3,(H,11,14). The lowest BCUT2D eigenvalue weighted by Crippen LogP contribution is -2.27. The number of rotatable bonds is 3. The number of anilines is 2. The van der Waals surface area contributed by atoms with Crippen LogP contribution in [-0.2, 0) is 10.0 Å². The molecule has 0 aromatic heterocycles. The predicted octanol–water partition coefficient (Wildman–Crippen LogP) is 0.588. The molecule has 2 amide bonds. The highest BCUT2D eigenvalue weighted by molar-refractivity contribution is 7.92. The van der Waals surface area contributed by atoms with Crippen LogP contribution in [-0.4, -0.2) is 33.8 Å². The quantitative estimate of drug-likeness (QED) is 0.829. The van der Waals surface area contributed by atoms with Crippen LogP contribution in [0.3, 0.4) is 0 Å². The SMILES string of the molecule is CS(=O)(=O)Nc1cccc(N2CCNC2=O)c1. The minimum atomic E-state index is -3.30. The van der Waals surface area contributed by atoms with E-state index in [1.54, 1.807) is 29.2 Å². The number of sulfonamides is 1. The summed E-state index contributed by atoms with van der Waals surface area (Å²) in [6, 6.07) is 6.57. The third-order valence-corrected chi connectivity index (χ3v) is 2.92. The summed E-state index contributed by atoms with van der Waals surface area (Å²) in [5.41, 5.74) is 1.12. The van der Waals surface area contributed by atoms with E-state index in [0.717, 1.165) is 6.26 Å². The van der Waals surface area contributed by atoms with Crippen LogP contribution in [0.5, 0.6) is 0 Å². The maximum atomic E-state index is 11.4. The smallest absolute Gasteiger partial charge is 0.321 e. The van der Waals surface area contributed by atoms with Gasteiger partial charge in [0, 0.05) is 18.8 Å². The molecule has 0 radical (unpaired) electrons. The fraction of sp³-hybridized carbons (Fsp3) is 0.300. The fourth-order valence-corrected chi connectivity index (χ4v) is 2.22. The summed E-state index contributed by atoms with van der Waals surface area (Å²) in [5.74, 6) is 0. The van der Waals surface area contributed by atoms with Crippen LogP contribution in [0.4, 0.5) is 16.2 Å². The number of hydrogen-bond donors (Lipinski definition) is 2. The number of nitrogens with zero attached hydrogens (tertiary/aromatic N) is 1. The zero-order chi connectivity index (χ0) is 12.5. The highest BCUT2D eigenvalue weighted by Gasteiger charge is 2.21. The first-order valence-electron chi connectivity index (χ1n) is 5.09. The minimum absolute atomic E-state index is 0.165. The zero-order valence-corrected chi connectivity index (χ0v) is 10.1. The summed E-state index contributed by atoms with van der Waals surface area (Å²) in [6.45, 7) is 1.18. The van der Waals surface area contributed by atoms with Gasteiger partial charge in [0.1, 0.15) is 0 Å². The average Bonchev–Trinajstić information content (AvgIpc) is 2.62. The molecule has 92 valence electrons. The van der Waals surface area contributed by atoms with Gasteiger partial charge in [-0.15, -0.1) is 0 Å². The van der Waals surface area contributed by atoms with Gasteiger partial charge in [-0.25, -0.2) is 13.2 Å². The molecule has 1 aliphatic rings. The summed E-state index contributed by atoms with van der Waals surface area (Å²) in [4.78, 5) is 13.0. The molecular weight excluding hydrogens is 242 g/mol. The molecule has 17 heavy (non-hydrogen) atoms. The van der Waals surface area contributed by atoms with Crippen LogP contribution in [0.15, 0.2) is 24.3 Å². The molecule has 2 rings (SSSR count). The van der Waals surface area contributed by atoms with Crippen molar-refractivity contribution < 1.29 is 13.2 Å². The Balaban J connectivity index is 2.25. The highest BCUT2D eigenvalue weighted by atomic mass is 32.2. The molecule has 1 aromatic carbocycles. The molecule has 1 fully saturated rings. The molecule has 1 heterocycles. The fourth-order valence-electron chi connectivity index (χ4n) is 1.67. The second-order valence-corrected chi connectivity index (χ2v) is 5.56. The van der Waals surface area contributed by atoms with Crippen molar-refractivity contribution in [2.45, 2.75) is 0 Å². The van der Waals surface area contributed by atoms with Crippen LogP contribution >= 0.6 is 0 Å². The normalized spacial score (nSPS) is 15.8. The van der Waals surface area contributed by atoms with Crippen LogP contribution in [0.2, 0.25) is 0 Å². The Morgan fingerprint density at radius 1 is 1.41 bits per heavy atom. The maximum absolute atomic E-state index is 11.4. The molecule has 0 unspecified atom stereocenters. The topological polar surface area (TPSA) is 78.5 Å². The lowest BCUT2D eigenvalue weighted by molar-refractivity contribution is 0.252. The Hall–Kier alpha value is -1.76. The molecule has 1 aromatic rings. The summed E-state index contributed by atoms with van der Waals surface area (Å²) >= 11 is 0. The number of hydrogen-bond acceptors (Lipinski definition) is 3. The van der Waals surface area contributed by atoms with Crippen molar-refractivity contribution in [2.75, 3.05) is 29.0 Å². The Morgan fingerprint density at radius 2 is 2.18 bits per heavy atom. The first-order valence-corrected chi connectivity index (χ1v) is 6.98. The summed E-state index contributed by atoms with van der Waals surface area (Å²) in [6.07, 6.45) is 1.09. The Labute approximate surface area is 99.7 Å². The highest BCUT2D eigenvalue weighted by Crippen LogP contribution is 2.21. The van der Waals surface area contributed by atoms with Gasteiger partial charge in [-0.3, -0.25) is 9.62 Å². The van der Waals surface area contributed by atoms with Crippen molar-refractivity contribution in [3.63, 3.8) is 0 Å². The Kier molecular flexibility index (Phi) is 2.93. The van der Waals surface area contributed by atoms with Crippen molar-refractivity contribution >= 4 is 27.4 Å². The van der Waals surface area contributed by atoms with E-state index >= 15 is 0 Å². The van der Waals surface area contributed by atoms with Gasteiger partial charge in [0.15, 0.2) is 0 Å². The van der Waals surface area contributed by atoms with Crippen molar-refractivity contribution in [3.8, 4) is 0 Å². The zero-order valence-electron chi connectivity index (χ0n) is 9.30. The summed E-state index contributed by atoms with van der Waals surface area (Å²) < 4.78 is 24.6. The molecule has 7 heteroatoms. The number of carbonyl (C=O) groups is 1. The molecule has 1 saturated heterocycles. The molecule has 0 saturated carbocycles. The van der Waals surface area contributed by atoms with E-state index in [9.17, 15) is 13.2 Å². The number of nitrogens with one attached hydrogen (secondary N) is 2. The lowest BCUT2D eigenvalue weighted by Gasteiger charge is -2.15. The lowest BCUT2D eigenvalue weighted by atomic mass is 10.2. The van der Waals surface area contributed by atoms with E-state index < -0.39 is 10.0 Å². The molecule has 2 N–H and O–H groups in total. The number of amides is 2. The van der Waals surface area contributed by atoms with Gasteiger partial charge < -0.3 is 5.32 Å². The monoisotopic (exact) mass is 255 g/mol. The molecule has 6 nitrogen and oxygen atoms in total. The van der Waals surface area contributed by atoms with Gasteiger partial charge in [-0.2, -0.15) is 0 Å². The first-order chi connectivity index (χ1) is 7.96. The van der Waals surface area contributed by atoms with E-state index in [1.165, 1.54) is 0 Å². The first kappa shape index (κ1) is 11.7. The summed E-state index contributed by atoms with van der Waals surface area (Å²) in [5, 5.41) is 2.68. The van der Waals surface area contributed by atoms with Crippen molar-refractivity contribution in [2.24, 2.45) is 0 Å².